The summed E-state index contributed by atoms with van der Waals surface area (Å²) < 4.78 is 5.98. The summed E-state index contributed by atoms with van der Waals surface area (Å²) in [5.74, 6) is -0.314. The summed E-state index contributed by atoms with van der Waals surface area (Å²) >= 11 is 3.59. The summed E-state index contributed by atoms with van der Waals surface area (Å²) in [6.45, 7) is 8.23. The van der Waals surface area contributed by atoms with E-state index in [-0.39, 0.29) is 5.97 Å². The van der Waals surface area contributed by atoms with Crippen molar-refractivity contribution in [2.45, 2.75) is 84.5 Å². The van der Waals surface area contributed by atoms with E-state index in [2.05, 4.69) is 41.3 Å². The predicted molar refractivity (Wildman–Crippen MR) is 112 cm³/mol. The third kappa shape index (κ3) is 9.51. The van der Waals surface area contributed by atoms with E-state index in [4.69, 9.17) is 4.74 Å². The number of aromatic nitrogens is 1. The quantitative estimate of drug-likeness (QED) is 0.146. The van der Waals surface area contributed by atoms with Crippen LogP contribution in [0, 0.1) is 13.8 Å². The van der Waals surface area contributed by atoms with Gasteiger partial charge in [-0.1, -0.05) is 57.9 Å². The number of carbonyl (C=O) groups excluding carboxylic acids is 1. The van der Waals surface area contributed by atoms with Crippen molar-refractivity contribution in [3.05, 3.63) is 40.1 Å². The second-order valence-electron chi connectivity index (χ2n) is 6.99. The number of rotatable bonds is 14. The van der Waals surface area contributed by atoms with Crippen LogP contribution in [0.3, 0.4) is 0 Å². The summed E-state index contributed by atoms with van der Waals surface area (Å²) in [6.07, 6.45) is 16.8. The number of carbonyl (C=O) groups is 1. The molecule has 0 aliphatic heterocycles. The molecule has 0 bridgehead atoms. The van der Waals surface area contributed by atoms with Gasteiger partial charge >= 0.3 is 5.97 Å². The molecular weight excluding hydrogens is 390 g/mol. The molecule has 0 radical (unpaired) electrons. The maximum absolute atomic E-state index is 10.9. The largest absolute Gasteiger partial charge is 0.463 e. The Morgan fingerprint density at radius 2 is 1.58 bits per heavy atom. The van der Waals surface area contributed by atoms with Gasteiger partial charge in [0, 0.05) is 12.3 Å². The average Bonchev–Trinajstić information content (AvgIpc) is 2.64. The molecule has 0 spiro atoms. The first-order valence-electron chi connectivity index (χ1n) is 9.96. The van der Waals surface area contributed by atoms with E-state index in [1.807, 2.05) is 6.20 Å². The minimum Gasteiger partial charge on any atom is -0.463 e. The van der Waals surface area contributed by atoms with E-state index in [9.17, 15) is 4.79 Å². The Morgan fingerprint density at radius 3 is 2.15 bits per heavy atom. The molecule has 1 aromatic heterocycles. The van der Waals surface area contributed by atoms with E-state index in [1.54, 1.807) is 0 Å². The molecule has 0 fully saturated rings. The number of aryl methyl sites for hydroxylation is 1. The zero-order chi connectivity index (χ0) is 19.2. The van der Waals surface area contributed by atoms with Crippen molar-refractivity contribution in [3.8, 4) is 0 Å². The lowest BCUT2D eigenvalue weighted by Gasteiger charge is -2.10. The third-order valence-electron chi connectivity index (χ3n) is 4.90. The minimum atomic E-state index is -0.314. The highest BCUT2D eigenvalue weighted by atomic mass is 79.9. The normalized spacial score (nSPS) is 10.7. The smallest absolute Gasteiger partial charge is 0.330 e. The van der Waals surface area contributed by atoms with Gasteiger partial charge in [-0.3, -0.25) is 0 Å². The second-order valence-corrected chi connectivity index (χ2v) is 7.74. The Kier molecular flexibility index (Phi) is 12.3. The maximum Gasteiger partial charge on any atom is 0.330 e. The van der Waals surface area contributed by atoms with Crippen LogP contribution in [-0.2, 0) is 16.0 Å². The van der Waals surface area contributed by atoms with Gasteiger partial charge in [0.2, 0.25) is 0 Å². The molecule has 1 rings (SSSR count). The van der Waals surface area contributed by atoms with E-state index in [1.165, 1.54) is 74.1 Å². The first-order chi connectivity index (χ1) is 12.6. The summed E-state index contributed by atoms with van der Waals surface area (Å²) in [7, 11) is 0. The highest BCUT2D eigenvalue weighted by Crippen LogP contribution is 2.23. The van der Waals surface area contributed by atoms with Crippen LogP contribution in [0.2, 0.25) is 0 Å². The molecule has 0 atom stereocenters. The molecule has 4 heteroatoms. The number of ether oxygens (including phenoxy) is 1. The Morgan fingerprint density at radius 1 is 1.04 bits per heavy atom. The van der Waals surface area contributed by atoms with Crippen molar-refractivity contribution in [1.29, 1.82) is 0 Å². The molecule has 0 amide bonds. The lowest BCUT2D eigenvalue weighted by atomic mass is 10.0. The van der Waals surface area contributed by atoms with Gasteiger partial charge in [-0.2, -0.15) is 0 Å². The number of esters is 1. The average molecular weight is 424 g/mol. The monoisotopic (exact) mass is 423 g/mol. The van der Waals surface area contributed by atoms with Crippen molar-refractivity contribution in [3.63, 3.8) is 0 Å². The Hall–Kier alpha value is -1.16. The van der Waals surface area contributed by atoms with E-state index < -0.39 is 0 Å². The van der Waals surface area contributed by atoms with E-state index >= 15 is 0 Å². The molecule has 0 saturated carbocycles. The van der Waals surface area contributed by atoms with Crippen LogP contribution in [-0.4, -0.2) is 17.6 Å². The van der Waals surface area contributed by atoms with Gasteiger partial charge in [-0.15, -0.1) is 0 Å². The van der Waals surface area contributed by atoms with Crippen LogP contribution in [0.5, 0.6) is 0 Å². The van der Waals surface area contributed by atoms with Crippen LogP contribution in [0.1, 0.15) is 80.9 Å². The SMILES string of the molecule is C=CC(=O)OCCCCCCCCCCCCc1c(Br)ncc(C)c1C. The van der Waals surface area contributed by atoms with Crippen molar-refractivity contribution in [2.24, 2.45) is 0 Å². The Bertz CT molecular complexity index is 557. The predicted octanol–water partition coefficient (Wildman–Crippen LogP) is 6.63. The number of halogens is 1. The van der Waals surface area contributed by atoms with Gasteiger partial charge < -0.3 is 4.74 Å². The van der Waals surface area contributed by atoms with E-state index in [0.717, 1.165) is 23.9 Å². The van der Waals surface area contributed by atoms with Gasteiger partial charge in [0.05, 0.1) is 6.61 Å². The highest BCUT2D eigenvalue weighted by molar-refractivity contribution is 9.10. The van der Waals surface area contributed by atoms with Crippen molar-refractivity contribution in [2.75, 3.05) is 6.61 Å². The topological polar surface area (TPSA) is 39.2 Å². The summed E-state index contributed by atoms with van der Waals surface area (Å²) in [6, 6.07) is 0. The summed E-state index contributed by atoms with van der Waals surface area (Å²) in [5.41, 5.74) is 4.04. The van der Waals surface area contributed by atoms with Gasteiger partial charge in [0.15, 0.2) is 0 Å². The fourth-order valence-electron chi connectivity index (χ4n) is 3.06. The molecule has 0 saturated heterocycles. The molecular formula is C22H34BrNO2. The Labute approximate surface area is 167 Å². The molecule has 1 heterocycles. The molecule has 0 aliphatic carbocycles. The van der Waals surface area contributed by atoms with Gasteiger partial charge in [0.25, 0.3) is 0 Å². The van der Waals surface area contributed by atoms with Crippen LogP contribution in [0.25, 0.3) is 0 Å². The lowest BCUT2D eigenvalue weighted by Crippen LogP contribution is -2.01. The number of nitrogens with zero attached hydrogens (tertiary/aromatic N) is 1. The van der Waals surface area contributed by atoms with Crippen molar-refractivity contribution < 1.29 is 9.53 Å². The second kappa shape index (κ2) is 14.0. The molecule has 146 valence electrons. The number of unbranched alkanes of at least 4 members (excludes halogenated alkanes) is 9. The molecule has 0 aromatic carbocycles. The summed E-state index contributed by atoms with van der Waals surface area (Å²) in [5, 5.41) is 0. The lowest BCUT2D eigenvalue weighted by molar-refractivity contribution is -0.137. The number of hydrogen-bond acceptors (Lipinski definition) is 3. The van der Waals surface area contributed by atoms with Gasteiger partial charge in [0.1, 0.15) is 4.60 Å². The van der Waals surface area contributed by atoms with Crippen LogP contribution < -0.4 is 0 Å². The van der Waals surface area contributed by atoms with Crippen LogP contribution in [0.15, 0.2) is 23.5 Å². The molecule has 26 heavy (non-hydrogen) atoms. The summed E-state index contributed by atoms with van der Waals surface area (Å²) in [4.78, 5) is 15.3. The standard InChI is InChI=1S/C22H34BrNO2/c1-4-21(25)26-16-14-12-10-8-6-5-7-9-11-13-15-20-19(3)18(2)17-24-22(20)23/h4,17H,1,5-16H2,2-3H3. The molecule has 3 nitrogen and oxygen atoms in total. The fraction of sp³-hybridized carbons (Fsp3) is 0.636. The molecule has 0 N–H and O–H groups in total. The molecule has 1 aromatic rings. The number of pyridine rings is 1. The first kappa shape index (κ1) is 22.9. The number of hydrogen-bond donors (Lipinski definition) is 0. The van der Waals surface area contributed by atoms with Gasteiger partial charge in [-0.05, 0) is 65.7 Å². The van der Waals surface area contributed by atoms with Crippen molar-refractivity contribution in [1.82, 2.24) is 4.98 Å². The highest BCUT2D eigenvalue weighted by Gasteiger charge is 2.07. The molecule has 0 unspecified atom stereocenters. The van der Waals surface area contributed by atoms with Crippen LogP contribution in [0.4, 0.5) is 0 Å². The van der Waals surface area contributed by atoms with Gasteiger partial charge in [-0.25, -0.2) is 9.78 Å². The van der Waals surface area contributed by atoms with Crippen LogP contribution >= 0.6 is 15.9 Å². The fourth-order valence-corrected chi connectivity index (χ4v) is 3.66. The first-order valence-corrected chi connectivity index (χ1v) is 10.7. The molecule has 0 aliphatic rings. The zero-order valence-corrected chi connectivity index (χ0v) is 18.1. The van der Waals surface area contributed by atoms with Crippen molar-refractivity contribution >= 4 is 21.9 Å². The Balaban J connectivity index is 1.93. The minimum absolute atomic E-state index is 0.314. The zero-order valence-electron chi connectivity index (χ0n) is 16.5. The third-order valence-corrected chi connectivity index (χ3v) is 5.58. The maximum atomic E-state index is 10.9. The van der Waals surface area contributed by atoms with E-state index in [0.29, 0.717) is 6.61 Å².